The molecule has 0 aliphatic carbocycles. The summed E-state index contributed by atoms with van der Waals surface area (Å²) >= 11 is 1.60. The molecule has 15 heavy (non-hydrogen) atoms. The van der Waals surface area contributed by atoms with Crippen LogP contribution in [0.3, 0.4) is 0 Å². The molecule has 1 rings (SSSR count). The standard InChI is InChI=1S/C9H15N3O2S/c1-6-8(15-5-12-6)2-3-14-4-7(10)9(11)13/h5,7H,2-4,10H2,1H3,(H2,11,13). The van der Waals surface area contributed by atoms with Crippen molar-refractivity contribution in [3.63, 3.8) is 0 Å². The first-order chi connectivity index (χ1) is 7.11. The van der Waals surface area contributed by atoms with Crippen LogP contribution in [-0.4, -0.2) is 30.1 Å². The van der Waals surface area contributed by atoms with Crippen molar-refractivity contribution in [2.24, 2.45) is 11.5 Å². The zero-order valence-corrected chi connectivity index (χ0v) is 9.42. The number of aryl methyl sites for hydroxylation is 1. The summed E-state index contributed by atoms with van der Waals surface area (Å²) < 4.78 is 5.24. The lowest BCUT2D eigenvalue weighted by atomic mass is 10.3. The van der Waals surface area contributed by atoms with E-state index >= 15 is 0 Å². The molecule has 1 aromatic rings. The van der Waals surface area contributed by atoms with Crippen molar-refractivity contribution in [1.82, 2.24) is 4.98 Å². The number of aromatic nitrogens is 1. The molecule has 0 spiro atoms. The molecule has 0 bridgehead atoms. The molecule has 1 unspecified atom stereocenters. The largest absolute Gasteiger partial charge is 0.379 e. The highest BCUT2D eigenvalue weighted by Crippen LogP contribution is 2.12. The number of carbonyl (C=O) groups is 1. The highest BCUT2D eigenvalue weighted by molar-refractivity contribution is 7.09. The van der Waals surface area contributed by atoms with Gasteiger partial charge in [-0.25, -0.2) is 4.98 Å². The molecule has 0 aliphatic rings. The summed E-state index contributed by atoms with van der Waals surface area (Å²) in [5, 5.41) is 0. The van der Waals surface area contributed by atoms with E-state index in [1.54, 1.807) is 16.8 Å². The summed E-state index contributed by atoms with van der Waals surface area (Å²) in [4.78, 5) is 15.9. The average Bonchev–Trinajstić information content (AvgIpc) is 2.58. The topological polar surface area (TPSA) is 91.2 Å². The number of nitrogens with two attached hydrogens (primary N) is 2. The lowest BCUT2D eigenvalue weighted by Gasteiger charge is -2.07. The number of primary amides is 1. The molecule has 6 heteroatoms. The first-order valence-electron chi connectivity index (χ1n) is 4.63. The molecule has 0 saturated heterocycles. The fraction of sp³-hybridized carbons (Fsp3) is 0.556. The van der Waals surface area contributed by atoms with E-state index in [9.17, 15) is 4.79 Å². The monoisotopic (exact) mass is 229 g/mol. The Balaban J connectivity index is 2.17. The highest BCUT2D eigenvalue weighted by atomic mass is 32.1. The summed E-state index contributed by atoms with van der Waals surface area (Å²) in [6.45, 7) is 2.66. The number of hydrogen-bond donors (Lipinski definition) is 2. The van der Waals surface area contributed by atoms with Crippen LogP contribution in [0.15, 0.2) is 5.51 Å². The van der Waals surface area contributed by atoms with Crippen LogP contribution in [0, 0.1) is 6.92 Å². The van der Waals surface area contributed by atoms with Crippen molar-refractivity contribution >= 4 is 17.2 Å². The van der Waals surface area contributed by atoms with Crippen LogP contribution in [0.4, 0.5) is 0 Å². The SMILES string of the molecule is Cc1ncsc1CCOCC(N)C(N)=O. The maximum Gasteiger partial charge on any atom is 0.236 e. The van der Waals surface area contributed by atoms with E-state index in [1.807, 2.05) is 6.92 Å². The van der Waals surface area contributed by atoms with Gasteiger partial charge in [-0.15, -0.1) is 11.3 Å². The molecule has 1 amide bonds. The average molecular weight is 229 g/mol. The normalized spacial score (nSPS) is 12.7. The van der Waals surface area contributed by atoms with Crippen molar-refractivity contribution in [2.45, 2.75) is 19.4 Å². The number of hydrogen-bond acceptors (Lipinski definition) is 5. The van der Waals surface area contributed by atoms with Gasteiger partial charge in [-0.2, -0.15) is 0 Å². The Morgan fingerprint density at radius 3 is 3.00 bits per heavy atom. The lowest BCUT2D eigenvalue weighted by Crippen LogP contribution is -2.40. The molecular weight excluding hydrogens is 214 g/mol. The third-order valence-corrected chi connectivity index (χ3v) is 2.98. The smallest absolute Gasteiger partial charge is 0.236 e. The fourth-order valence-electron chi connectivity index (χ4n) is 1.02. The minimum Gasteiger partial charge on any atom is -0.379 e. The molecule has 5 nitrogen and oxygen atoms in total. The first-order valence-corrected chi connectivity index (χ1v) is 5.51. The Morgan fingerprint density at radius 2 is 2.47 bits per heavy atom. The molecule has 0 aliphatic heterocycles. The van der Waals surface area contributed by atoms with Crippen LogP contribution in [0.5, 0.6) is 0 Å². The van der Waals surface area contributed by atoms with E-state index in [4.69, 9.17) is 16.2 Å². The van der Waals surface area contributed by atoms with E-state index in [2.05, 4.69) is 4.98 Å². The second-order valence-corrected chi connectivity index (χ2v) is 4.13. The molecule has 1 atom stereocenters. The van der Waals surface area contributed by atoms with Crippen LogP contribution in [0.2, 0.25) is 0 Å². The number of nitrogens with zero attached hydrogens (tertiary/aromatic N) is 1. The van der Waals surface area contributed by atoms with E-state index < -0.39 is 11.9 Å². The molecule has 0 saturated carbocycles. The molecule has 0 fully saturated rings. The summed E-state index contributed by atoms with van der Waals surface area (Å²) in [6.07, 6.45) is 0.794. The predicted molar refractivity (Wildman–Crippen MR) is 58.5 cm³/mol. The second kappa shape index (κ2) is 5.79. The second-order valence-electron chi connectivity index (χ2n) is 3.19. The zero-order valence-electron chi connectivity index (χ0n) is 8.60. The van der Waals surface area contributed by atoms with E-state index in [-0.39, 0.29) is 6.61 Å². The third kappa shape index (κ3) is 3.94. The maximum absolute atomic E-state index is 10.6. The van der Waals surface area contributed by atoms with Gasteiger partial charge in [0.1, 0.15) is 6.04 Å². The molecule has 84 valence electrons. The van der Waals surface area contributed by atoms with Crippen molar-refractivity contribution in [1.29, 1.82) is 0 Å². The number of rotatable bonds is 6. The number of carbonyl (C=O) groups excluding carboxylic acids is 1. The summed E-state index contributed by atoms with van der Waals surface area (Å²) in [5.41, 5.74) is 13.2. The van der Waals surface area contributed by atoms with Crippen molar-refractivity contribution in [3.8, 4) is 0 Å². The fourth-order valence-corrected chi connectivity index (χ4v) is 1.79. The van der Waals surface area contributed by atoms with Gasteiger partial charge in [0.2, 0.25) is 5.91 Å². The van der Waals surface area contributed by atoms with Crippen LogP contribution < -0.4 is 11.5 Å². The number of thiazole rings is 1. The Labute approximate surface area is 92.4 Å². The Kier molecular flexibility index (Phi) is 4.67. The van der Waals surface area contributed by atoms with Crippen LogP contribution in [0.1, 0.15) is 10.6 Å². The number of amides is 1. The van der Waals surface area contributed by atoms with Crippen LogP contribution in [-0.2, 0) is 16.0 Å². The van der Waals surface area contributed by atoms with Gasteiger partial charge < -0.3 is 16.2 Å². The van der Waals surface area contributed by atoms with Crippen molar-refractivity contribution < 1.29 is 9.53 Å². The molecule has 1 heterocycles. The quantitative estimate of drug-likeness (QED) is 0.662. The van der Waals surface area contributed by atoms with Gasteiger partial charge in [-0.3, -0.25) is 4.79 Å². The molecule has 0 aromatic carbocycles. The Hall–Kier alpha value is -0.980. The molecule has 4 N–H and O–H groups in total. The third-order valence-electron chi connectivity index (χ3n) is 1.98. The zero-order chi connectivity index (χ0) is 11.3. The Bertz CT molecular complexity index is 327. The Morgan fingerprint density at radius 1 is 1.73 bits per heavy atom. The van der Waals surface area contributed by atoms with Crippen LogP contribution >= 0.6 is 11.3 Å². The van der Waals surface area contributed by atoms with E-state index in [0.717, 1.165) is 12.1 Å². The van der Waals surface area contributed by atoms with Gasteiger partial charge in [0, 0.05) is 11.3 Å². The van der Waals surface area contributed by atoms with Gasteiger partial charge in [-0.1, -0.05) is 0 Å². The van der Waals surface area contributed by atoms with Gasteiger partial charge in [0.25, 0.3) is 0 Å². The highest BCUT2D eigenvalue weighted by Gasteiger charge is 2.08. The molecular formula is C9H15N3O2S. The van der Waals surface area contributed by atoms with E-state index in [1.165, 1.54) is 4.88 Å². The van der Waals surface area contributed by atoms with Gasteiger partial charge in [0.15, 0.2) is 0 Å². The minimum atomic E-state index is -0.715. The van der Waals surface area contributed by atoms with Crippen LogP contribution in [0.25, 0.3) is 0 Å². The molecule has 1 aromatic heterocycles. The summed E-state index contributed by atoms with van der Waals surface area (Å²) in [6, 6.07) is -0.715. The van der Waals surface area contributed by atoms with Gasteiger partial charge >= 0.3 is 0 Å². The van der Waals surface area contributed by atoms with Gasteiger partial charge in [-0.05, 0) is 6.92 Å². The van der Waals surface area contributed by atoms with E-state index in [0.29, 0.717) is 6.61 Å². The maximum atomic E-state index is 10.6. The lowest BCUT2D eigenvalue weighted by molar-refractivity contribution is -0.120. The van der Waals surface area contributed by atoms with Crippen molar-refractivity contribution in [2.75, 3.05) is 13.2 Å². The predicted octanol–water partition coefficient (Wildman–Crippen LogP) is -0.177. The summed E-state index contributed by atoms with van der Waals surface area (Å²) in [7, 11) is 0. The summed E-state index contributed by atoms with van der Waals surface area (Å²) in [5.74, 6) is -0.538. The van der Waals surface area contributed by atoms with Gasteiger partial charge in [0.05, 0.1) is 24.4 Å². The minimum absolute atomic E-state index is 0.174. The molecule has 0 radical (unpaired) electrons. The van der Waals surface area contributed by atoms with Crippen molar-refractivity contribution in [3.05, 3.63) is 16.1 Å². The first kappa shape index (κ1) is 12.1. The number of ether oxygens (including phenoxy) is 1.